The fraction of sp³-hybridized carbons (Fsp3) is 0.353. The Hall–Kier alpha value is -1.58. The molecule has 3 atom stereocenters. The fourth-order valence-electron chi connectivity index (χ4n) is 3.56. The molecule has 0 spiro atoms. The van der Waals surface area contributed by atoms with Crippen LogP contribution in [0, 0.1) is 5.92 Å². The Morgan fingerprint density at radius 3 is 2.76 bits per heavy atom. The van der Waals surface area contributed by atoms with E-state index < -0.39 is 0 Å². The molecule has 1 amide bonds. The van der Waals surface area contributed by atoms with Crippen LogP contribution < -0.4 is 5.32 Å². The smallest absolute Gasteiger partial charge is 0.251 e. The zero-order valence-electron chi connectivity index (χ0n) is 11.7. The Bertz CT molecular complexity index is 715. The minimum Gasteiger partial charge on any atom is -0.348 e. The molecule has 0 saturated carbocycles. The lowest BCUT2D eigenvalue weighted by atomic mass is 9.99. The van der Waals surface area contributed by atoms with Crippen LogP contribution in [0.5, 0.6) is 0 Å². The summed E-state index contributed by atoms with van der Waals surface area (Å²) in [7, 11) is 0. The number of nitrogens with zero attached hydrogens (tertiary/aromatic N) is 1. The Balaban J connectivity index is 1.56. The molecular weight excluding hydrogens is 284 g/mol. The zero-order valence-corrected chi connectivity index (χ0v) is 12.4. The maximum absolute atomic E-state index is 12.4. The van der Waals surface area contributed by atoms with Crippen LogP contribution in [0.3, 0.4) is 0 Å². The predicted molar refractivity (Wildman–Crippen MR) is 84.8 cm³/mol. The van der Waals surface area contributed by atoms with Crippen molar-refractivity contribution in [3.8, 4) is 0 Å². The van der Waals surface area contributed by atoms with Crippen molar-refractivity contribution in [2.24, 2.45) is 5.92 Å². The number of piperidine rings is 1. The number of hydrogen-bond acceptors (Lipinski definition) is 2. The number of halogens is 1. The molecule has 0 radical (unpaired) electrons. The third-order valence-corrected chi connectivity index (χ3v) is 4.95. The molecule has 2 heterocycles. The topological polar surface area (TPSA) is 32.3 Å². The van der Waals surface area contributed by atoms with Gasteiger partial charge in [0.15, 0.2) is 0 Å². The van der Waals surface area contributed by atoms with Gasteiger partial charge >= 0.3 is 0 Å². The van der Waals surface area contributed by atoms with Gasteiger partial charge in [0.25, 0.3) is 5.91 Å². The lowest BCUT2D eigenvalue weighted by molar-refractivity contribution is 0.0924. The molecule has 2 bridgehead atoms. The molecule has 2 aromatic rings. The summed E-state index contributed by atoms with van der Waals surface area (Å²) in [4.78, 5) is 14.9. The first kappa shape index (κ1) is 13.1. The molecule has 2 fully saturated rings. The third-order valence-electron chi connectivity index (χ3n) is 4.71. The van der Waals surface area contributed by atoms with Gasteiger partial charge in [0.1, 0.15) is 0 Å². The highest BCUT2D eigenvalue weighted by atomic mass is 35.5. The van der Waals surface area contributed by atoms with Gasteiger partial charge in [-0.2, -0.15) is 0 Å². The summed E-state index contributed by atoms with van der Waals surface area (Å²) in [6.07, 6.45) is 1.21. The molecule has 21 heavy (non-hydrogen) atoms. The third kappa shape index (κ3) is 2.41. The summed E-state index contributed by atoms with van der Waals surface area (Å²) < 4.78 is 0. The van der Waals surface area contributed by atoms with E-state index in [1.54, 1.807) is 0 Å². The van der Waals surface area contributed by atoms with Crippen molar-refractivity contribution in [1.82, 2.24) is 10.2 Å². The summed E-state index contributed by atoms with van der Waals surface area (Å²) in [5.41, 5.74) is 0.711. The van der Waals surface area contributed by atoms with Crippen LogP contribution in [-0.2, 0) is 0 Å². The quantitative estimate of drug-likeness (QED) is 0.925. The molecule has 2 aromatic carbocycles. The molecule has 4 rings (SSSR count). The maximum atomic E-state index is 12.4. The maximum Gasteiger partial charge on any atom is 0.251 e. The lowest BCUT2D eigenvalue weighted by Crippen LogP contribution is -2.43. The normalized spacial score (nSPS) is 27.2. The number of carbonyl (C=O) groups is 1. The van der Waals surface area contributed by atoms with Gasteiger partial charge in [-0.05, 0) is 53.9 Å². The van der Waals surface area contributed by atoms with Gasteiger partial charge in [-0.3, -0.25) is 4.79 Å². The van der Waals surface area contributed by atoms with Crippen LogP contribution in [0.2, 0.25) is 5.02 Å². The molecule has 2 saturated heterocycles. The van der Waals surface area contributed by atoms with Gasteiger partial charge in [0.2, 0.25) is 0 Å². The summed E-state index contributed by atoms with van der Waals surface area (Å²) in [5, 5.41) is 5.99. The van der Waals surface area contributed by atoms with Crippen LogP contribution in [0.4, 0.5) is 0 Å². The molecule has 4 heteroatoms. The average Bonchev–Trinajstić information content (AvgIpc) is 3.09. The molecular formula is C17H17ClN2O. The Morgan fingerprint density at radius 2 is 2.00 bits per heavy atom. The number of rotatable bonds is 2. The standard InChI is InChI=1S/C17H17ClN2O/c18-15-4-3-11-1-2-12(7-14(11)8-15)17(21)19-16-10-20-6-5-13(16)9-20/h1-4,7-8,13,16H,5-6,9-10H2,(H,19,21). The van der Waals surface area contributed by atoms with Gasteiger partial charge in [-0.1, -0.05) is 23.7 Å². The molecule has 0 aliphatic carbocycles. The number of amides is 1. The van der Waals surface area contributed by atoms with E-state index in [0.29, 0.717) is 22.5 Å². The van der Waals surface area contributed by atoms with E-state index in [1.165, 1.54) is 13.0 Å². The van der Waals surface area contributed by atoms with Crippen molar-refractivity contribution < 1.29 is 4.79 Å². The van der Waals surface area contributed by atoms with Crippen molar-refractivity contribution >= 4 is 28.3 Å². The van der Waals surface area contributed by atoms with E-state index in [4.69, 9.17) is 11.6 Å². The van der Waals surface area contributed by atoms with Crippen molar-refractivity contribution in [2.45, 2.75) is 12.5 Å². The average molecular weight is 301 g/mol. The van der Waals surface area contributed by atoms with Gasteiger partial charge in [-0.25, -0.2) is 0 Å². The Labute approximate surface area is 128 Å². The number of fused-ring (bicyclic) bond motifs is 3. The number of carbonyl (C=O) groups excluding carboxylic acids is 1. The molecule has 108 valence electrons. The van der Waals surface area contributed by atoms with Crippen LogP contribution in [-0.4, -0.2) is 36.5 Å². The Morgan fingerprint density at radius 1 is 1.14 bits per heavy atom. The molecule has 3 nitrogen and oxygen atoms in total. The van der Waals surface area contributed by atoms with E-state index in [0.717, 1.165) is 23.9 Å². The van der Waals surface area contributed by atoms with E-state index >= 15 is 0 Å². The summed E-state index contributed by atoms with van der Waals surface area (Å²) in [6, 6.07) is 11.8. The first-order chi connectivity index (χ1) is 10.2. The molecule has 0 aromatic heterocycles. The molecule has 2 aliphatic heterocycles. The predicted octanol–water partition coefficient (Wildman–Crippen LogP) is 2.93. The van der Waals surface area contributed by atoms with E-state index in [2.05, 4.69) is 10.2 Å². The molecule has 1 N–H and O–H groups in total. The van der Waals surface area contributed by atoms with Crippen LogP contribution in [0.25, 0.3) is 10.8 Å². The Kier molecular flexibility index (Phi) is 3.12. The van der Waals surface area contributed by atoms with E-state index in [9.17, 15) is 4.79 Å². The number of nitrogens with one attached hydrogen (secondary N) is 1. The zero-order chi connectivity index (χ0) is 14.4. The second-order valence-electron chi connectivity index (χ2n) is 6.09. The van der Waals surface area contributed by atoms with Crippen LogP contribution in [0.15, 0.2) is 36.4 Å². The highest BCUT2D eigenvalue weighted by Gasteiger charge is 2.38. The summed E-state index contributed by atoms with van der Waals surface area (Å²) >= 11 is 6.02. The second-order valence-corrected chi connectivity index (χ2v) is 6.53. The highest BCUT2D eigenvalue weighted by Crippen LogP contribution is 2.28. The minimum absolute atomic E-state index is 0.0237. The molecule has 2 aliphatic rings. The van der Waals surface area contributed by atoms with Crippen molar-refractivity contribution in [1.29, 1.82) is 0 Å². The fourth-order valence-corrected chi connectivity index (χ4v) is 3.74. The number of hydrogen-bond donors (Lipinski definition) is 1. The minimum atomic E-state index is 0.0237. The van der Waals surface area contributed by atoms with Crippen molar-refractivity contribution in [3.05, 3.63) is 47.0 Å². The van der Waals surface area contributed by atoms with E-state index in [-0.39, 0.29) is 5.91 Å². The second kappa shape index (κ2) is 5.00. The summed E-state index contributed by atoms with van der Waals surface area (Å²) in [6.45, 7) is 3.32. The highest BCUT2D eigenvalue weighted by molar-refractivity contribution is 6.31. The summed E-state index contributed by atoms with van der Waals surface area (Å²) in [5.74, 6) is 0.652. The monoisotopic (exact) mass is 300 g/mol. The van der Waals surface area contributed by atoms with Gasteiger partial charge < -0.3 is 10.2 Å². The van der Waals surface area contributed by atoms with Gasteiger partial charge in [0, 0.05) is 29.7 Å². The van der Waals surface area contributed by atoms with Gasteiger partial charge in [0.05, 0.1) is 0 Å². The van der Waals surface area contributed by atoms with E-state index in [1.807, 2.05) is 36.4 Å². The van der Waals surface area contributed by atoms with Crippen LogP contribution in [0.1, 0.15) is 16.8 Å². The largest absolute Gasteiger partial charge is 0.348 e. The van der Waals surface area contributed by atoms with Crippen molar-refractivity contribution in [2.75, 3.05) is 19.6 Å². The lowest BCUT2D eigenvalue weighted by Gasteiger charge is -2.23. The van der Waals surface area contributed by atoms with Gasteiger partial charge in [-0.15, -0.1) is 0 Å². The first-order valence-electron chi connectivity index (χ1n) is 7.41. The number of benzene rings is 2. The van der Waals surface area contributed by atoms with Crippen molar-refractivity contribution in [3.63, 3.8) is 0 Å². The SMILES string of the molecule is O=C(NC1CN2CCC1C2)c1ccc2ccc(Cl)cc2c1. The first-order valence-corrected chi connectivity index (χ1v) is 7.79. The molecule has 3 unspecified atom stereocenters. The van der Waals surface area contributed by atoms with Crippen LogP contribution >= 0.6 is 11.6 Å².